The molecule has 0 saturated carbocycles. The molecule has 0 unspecified atom stereocenters. The third kappa shape index (κ3) is 7.58. The van der Waals surface area contributed by atoms with E-state index in [4.69, 9.17) is 4.74 Å². The predicted octanol–water partition coefficient (Wildman–Crippen LogP) is 3.17. The van der Waals surface area contributed by atoms with Crippen LogP contribution in [-0.2, 0) is 25.7 Å². The number of carbonyl (C=O) groups is 2. The maximum atomic E-state index is 12.2. The Morgan fingerprint density at radius 1 is 1.22 bits per heavy atom. The predicted molar refractivity (Wildman–Crippen MR) is 89.2 cm³/mol. The van der Waals surface area contributed by atoms with E-state index in [9.17, 15) is 9.59 Å². The number of ether oxygens (including phenoxy) is 2. The molecule has 5 heteroatoms. The summed E-state index contributed by atoms with van der Waals surface area (Å²) in [7, 11) is 1.37. The van der Waals surface area contributed by atoms with Gasteiger partial charge >= 0.3 is 11.9 Å². The van der Waals surface area contributed by atoms with Crippen LogP contribution >= 0.6 is 0 Å². The minimum atomic E-state index is -0.517. The van der Waals surface area contributed by atoms with Gasteiger partial charge in [-0.3, -0.25) is 9.79 Å². The highest BCUT2D eigenvalue weighted by molar-refractivity contribution is 5.78. The highest BCUT2D eigenvalue weighted by atomic mass is 16.5. The van der Waals surface area contributed by atoms with Gasteiger partial charge in [0.1, 0.15) is 12.6 Å². The topological polar surface area (TPSA) is 65.0 Å². The summed E-state index contributed by atoms with van der Waals surface area (Å²) >= 11 is 0. The molecule has 0 aliphatic rings. The molecule has 0 aliphatic carbocycles. The van der Waals surface area contributed by atoms with Crippen LogP contribution < -0.4 is 0 Å². The second kappa shape index (κ2) is 10.5. The van der Waals surface area contributed by atoms with Gasteiger partial charge in [0.15, 0.2) is 0 Å². The van der Waals surface area contributed by atoms with Crippen LogP contribution in [0.3, 0.4) is 0 Å². The Hall–Kier alpha value is -2.17. The van der Waals surface area contributed by atoms with Crippen molar-refractivity contribution in [2.75, 3.05) is 7.11 Å². The van der Waals surface area contributed by atoms with E-state index < -0.39 is 6.04 Å². The summed E-state index contributed by atoms with van der Waals surface area (Å²) in [6.07, 6.45) is 3.33. The number of benzene rings is 1. The lowest BCUT2D eigenvalue weighted by atomic mass is 10.1. The van der Waals surface area contributed by atoms with Crippen molar-refractivity contribution in [1.29, 1.82) is 0 Å². The minimum absolute atomic E-state index is 0.0510. The van der Waals surface area contributed by atoms with Gasteiger partial charge in [-0.1, -0.05) is 44.2 Å². The van der Waals surface area contributed by atoms with Crippen LogP contribution in [0, 0.1) is 5.92 Å². The smallest absolute Gasteiger partial charge is 0.331 e. The van der Waals surface area contributed by atoms with Crippen molar-refractivity contribution in [2.45, 2.75) is 45.8 Å². The highest BCUT2D eigenvalue weighted by Crippen LogP contribution is 2.11. The van der Waals surface area contributed by atoms with Crippen molar-refractivity contribution >= 4 is 18.2 Å². The molecule has 0 aliphatic heterocycles. The molecule has 23 heavy (non-hydrogen) atoms. The van der Waals surface area contributed by atoms with Gasteiger partial charge in [0.05, 0.1) is 7.11 Å². The average molecular weight is 319 g/mol. The fourth-order valence-corrected chi connectivity index (χ4v) is 1.95. The van der Waals surface area contributed by atoms with E-state index in [-0.39, 0.29) is 24.5 Å². The summed E-state index contributed by atoms with van der Waals surface area (Å²) in [6, 6.07) is 9.03. The summed E-state index contributed by atoms with van der Waals surface area (Å²) in [5.74, 6) is -0.510. The van der Waals surface area contributed by atoms with E-state index in [0.29, 0.717) is 19.3 Å². The van der Waals surface area contributed by atoms with E-state index in [1.807, 2.05) is 44.2 Å². The average Bonchev–Trinajstić information content (AvgIpc) is 2.56. The normalized spacial score (nSPS) is 12.3. The number of unbranched alkanes of at least 4 members (excludes halogenated alkanes) is 1. The molecule has 0 amide bonds. The molecule has 5 nitrogen and oxygen atoms in total. The first-order valence-corrected chi connectivity index (χ1v) is 7.83. The summed E-state index contributed by atoms with van der Waals surface area (Å²) < 4.78 is 9.91. The largest absolute Gasteiger partial charge is 0.469 e. The molecule has 0 fully saturated rings. The number of carbonyl (C=O) groups excluding carboxylic acids is 2. The van der Waals surface area contributed by atoms with Crippen molar-refractivity contribution < 1.29 is 19.1 Å². The molecule has 0 N–H and O–H groups in total. The summed E-state index contributed by atoms with van der Waals surface area (Å²) in [5.41, 5.74) is 0.949. The van der Waals surface area contributed by atoms with Crippen molar-refractivity contribution in [3.05, 3.63) is 35.9 Å². The van der Waals surface area contributed by atoms with E-state index in [2.05, 4.69) is 9.73 Å². The Labute approximate surface area is 137 Å². The standard InChI is InChI=1S/C18H25NO4/c1-14(2)17(19-12-8-7-11-16(20)22-3)18(21)23-13-15-9-5-4-6-10-15/h4-6,9-10,12,14,17H,7-8,11,13H2,1-3H3/t17-/m0/s1. The molecule has 0 heterocycles. The first-order valence-electron chi connectivity index (χ1n) is 7.83. The Bertz CT molecular complexity index is 511. The number of hydrogen-bond acceptors (Lipinski definition) is 5. The molecule has 0 aromatic heterocycles. The molecule has 0 saturated heterocycles. The van der Waals surface area contributed by atoms with Gasteiger partial charge in [-0.25, -0.2) is 4.79 Å². The van der Waals surface area contributed by atoms with Crippen LogP contribution in [0.4, 0.5) is 0 Å². The molecule has 1 aromatic carbocycles. The Balaban J connectivity index is 2.43. The van der Waals surface area contributed by atoms with Gasteiger partial charge in [0.2, 0.25) is 0 Å². The maximum absolute atomic E-state index is 12.2. The third-order valence-corrected chi connectivity index (χ3v) is 3.30. The molecular formula is C18H25NO4. The van der Waals surface area contributed by atoms with Crippen LogP contribution in [0.2, 0.25) is 0 Å². The van der Waals surface area contributed by atoms with Crippen LogP contribution in [0.1, 0.15) is 38.7 Å². The zero-order chi connectivity index (χ0) is 17.1. The molecular weight excluding hydrogens is 294 g/mol. The number of methoxy groups -OCH3 is 1. The van der Waals surface area contributed by atoms with E-state index in [1.165, 1.54) is 7.11 Å². The fourth-order valence-electron chi connectivity index (χ4n) is 1.95. The molecule has 1 rings (SSSR count). The first-order chi connectivity index (χ1) is 11.0. The van der Waals surface area contributed by atoms with Gasteiger partial charge in [0.25, 0.3) is 0 Å². The van der Waals surface area contributed by atoms with E-state index in [0.717, 1.165) is 5.56 Å². The van der Waals surface area contributed by atoms with Crippen LogP contribution in [0.15, 0.2) is 35.3 Å². The van der Waals surface area contributed by atoms with Crippen molar-refractivity contribution in [2.24, 2.45) is 10.9 Å². The van der Waals surface area contributed by atoms with E-state index in [1.54, 1.807) is 6.21 Å². The van der Waals surface area contributed by atoms with Gasteiger partial charge < -0.3 is 9.47 Å². The SMILES string of the molecule is COC(=O)CCCC=N[C@H](C(=O)OCc1ccccc1)C(C)C. The summed E-state index contributed by atoms with van der Waals surface area (Å²) in [5, 5.41) is 0. The molecule has 0 radical (unpaired) electrons. The lowest BCUT2D eigenvalue weighted by molar-refractivity contribution is -0.147. The molecule has 1 aromatic rings. The van der Waals surface area contributed by atoms with Gasteiger partial charge in [-0.2, -0.15) is 0 Å². The van der Waals surface area contributed by atoms with Crippen LogP contribution in [0.5, 0.6) is 0 Å². The molecule has 0 spiro atoms. The molecule has 126 valence electrons. The zero-order valence-corrected chi connectivity index (χ0v) is 14.0. The molecule has 0 bridgehead atoms. The minimum Gasteiger partial charge on any atom is -0.469 e. The Morgan fingerprint density at radius 2 is 1.91 bits per heavy atom. The van der Waals surface area contributed by atoms with Gasteiger partial charge in [-0.15, -0.1) is 0 Å². The highest BCUT2D eigenvalue weighted by Gasteiger charge is 2.22. The lowest BCUT2D eigenvalue weighted by Crippen LogP contribution is -2.27. The zero-order valence-electron chi connectivity index (χ0n) is 14.0. The lowest BCUT2D eigenvalue weighted by Gasteiger charge is -2.15. The summed E-state index contributed by atoms with van der Waals surface area (Å²) in [6.45, 7) is 4.11. The van der Waals surface area contributed by atoms with E-state index >= 15 is 0 Å². The Kier molecular flexibility index (Phi) is 8.65. The third-order valence-electron chi connectivity index (χ3n) is 3.30. The quantitative estimate of drug-likeness (QED) is 0.398. The monoisotopic (exact) mass is 319 g/mol. The van der Waals surface area contributed by atoms with Crippen molar-refractivity contribution in [3.63, 3.8) is 0 Å². The Morgan fingerprint density at radius 3 is 2.52 bits per heavy atom. The molecule has 1 atom stereocenters. The second-order valence-corrected chi connectivity index (χ2v) is 5.58. The number of rotatable bonds is 9. The fraction of sp³-hybridized carbons (Fsp3) is 0.500. The first kappa shape index (κ1) is 18.9. The number of hydrogen-bond donors (Lipinski definition) is 0. The maximum Gasteiger partial charge on any atom is 0.331 e. The number of esters is 2. The van der Waals surface area contributed by atoms with Crippen molar-refractivity contribution in [1.82, 2.24) is 0 Å². The number of aliphatic imine (C=N–C) groups is 1. The van der Waals surface area contributed by atoms with Crippen LogP contribution in [-0.4, -0.2) is 31.3 Å². The van der Waals surface area contributed by atoms with Crippen LogP contribution in [0.25, 0.3) is 0 Å². The van der Waals surface area contributed by atoms with Crippen molar-refractivity contribution in [3.8, 4) is 0 Å². The van der Waals surface area contributed by atoms with Gasteiger partial charge in [0, 0.05) is 6.42 Å². The summed E-state index contributed by atoms with van der Waals surface area (Å²) in [4.78, 5) is 27.5. The number of nitrogens with zero attached hydrogens (tertiary/aromatic N) is 1. The second-order valence-electron chi connectivity index (χ2n) is 5.58. The van der Waals surface area contributed by atoms with Gasteiger partial charge in [-0.05, 0) is 30.5 Å².